The molecule has 232 valence electrons. The zero-order valence-electron chi connectivity index (χ0n) is 26.5. The third-order valence-corrected chi connectivity index (χ3v) is 11.7. The van der Waals surface area contributed by atoms with Gasteiger partial charge >= 0.3 is 0 Å². The average molecular weight is 647 g/mol. The summed E-state index contributed by atoms with van der Waals surface area (Å²) in [6, 6.07) is 53.1. The third-order valence-electron chi connectivity index (χ3n) is 10.5. The van der Waals surface area contributed by atoms with Crippen LogP contribution in [-0.4, -0.2) is 9.13 Å². The van der Waals surface area contributed by atoms with Gasteiger partial charge in [0, 0.05) is 59.5 Å². The van der Waals surface area contributed by atoms with E-state index in [4.69, 9.17) is 5.73 Å². The van der Waals surface area contributed by atoms with E-state index in [2.05, 4.69) is 148 Å². The SMILES string of the molecule is Nc1ccccc1N[C@H]1Cn2c3cc4c(cc3c3cc(-c5ccc6sc7ccccc7c6c5)cc1c32)c1ccccc1n4-c1ccccc1. The Labute approximate surface area is 286 Å². The topological polar surface area (TPSA) is 47.9 Å². The second-order valence-corrected chi connectivity index (χ2v) is 14.3. The van der Waals surface area contributed by atoms with E-state index in [1.165, 1.54) is 86.2 Å². The highest BCUT2D eigenvalue weighted by molar-refractivity contribution is 7.25. The van der Waals surface area contributed by atoms with Crippen LogP contribution in [0.15, 0.2) is 146 Å². The molecule has 0 saturated carbocycles. The molecule has 0 radical (unpaired) electrons. The molecule has 1 aliphatic rings. The summed E-state index contributed by atoms with van der Waals surface area (Å²) in [6.45, 7) is 0.818. The lowest BCUT2D eigenvalue weighted by atomic mass is 9.95. The normalized spacial score (nSPS) is 14.3. The molecule has 0 spiro atoms. The predicted molar refractivity (Wildman–Crippen MR) is 209 cm³/mol. The lowest BCUT2D eigenvalue weighted by Crippen LogP contribution is -2.12. The van der Waals surface area contributed by atoms with E-state index in [1.807, 2.05) is 23.5 Å². The molecule has 49 heavy (non-hydrogen) atoms. The molecular formula is C44H30N4S. The molecule has 5 heteroatoms. The number of hydrogen-bond donors (Lipinski definition) is 2. The smallest absolute Gasteiger partial charge is 0.0714 e. The fourth-order valence-electron chi connectivity index (χ4n) is 8.33. The Kier molecular flexibility index (Phi) is 5.50. The Morgan fingerprint density at radius 3 is 2.18 bits per heavy atom. The van der Waals surface area contributed by atoms with Gasteiger partial charge in [-0.1, -0.05) is 72.8 Å². The second kappa shape index (κ2) is 9.99. The van der Waals surface area contributed by atoms with Crippen molar-refractivity contribution in [1.29, 1.82) is 0 Å². The number of nitrogens with zero attached hydrogens (tertiary/aromatic N) is 2. The van der Waals surface area contributed by atoms with Crippen molar-refractivity contribution in [3.05, 3.63) is 151 Å². The highest BCUT2D eigenvalue weighted by Gasteiger charge is 2.30. The van der Waals surface area contributed by atoms with Crippen LogP contribution in [0.2, 0.25) is 0 Å². The highest BCUT2D eigenvalue weighted by Crippen LogP contribution is 2.47. The number of aromatic nitrogens is 2. The summed E-state index contributed by atoms with van der Waals surface area (Å²) < 4.78 is 7.60. The van der Waals surface area contributed by atoms with Gasteiger partial charge in [-0.25, -0.2) is 0 Å². The number of nitrogen functional groups attached to an aromatic ring is 1. The number of nitrogens with two attached hydrogens (primary N) is 1. The van der Waals surface area contributed by atoms with Gasteiger partial charge in [-0.15, -0.1) is 11.3 Å². The van der Waals surface area contributed by atoms with Gasteiger partial charge in [0.15, 0.2) is 0 Å². The summed E-state index contributed by atoms with van der Waals surface area (Å²) in [4.78, 5) is 0. The lowest BCUT2D eigenvalue weighted by Gasteiger charge is -2.18. The van der Waals surface area contributed by atoms with E-state index in [1.54, 1.807) is 0 Å². The molecule has 3 aromatic heterocycles. The Morgan fingerprint density at radius 1 is 0.551 bits per heavy atom. The Hall–Kier alpha value is -6.04. The first-order chi connectivity index (χ1) is 24.2. The number of para-hydroxylation sites is 4. The van der Waals surface area contributed by atoms with Gasteiger partial charge in [0.05, 0.1) is 39.5 Å². The van der Waals surface area contributed by atoms with Crippen molar-refractivity contribution in [2.24, 2.45) is 0 Å². The van der Waals surface area contributed by atoms with Crippen molar-refractivity contribution < 1.29 is 0 Å². The maximum Gasteiger partial charge on any atom is 0.0714 e. The van der Waals surface area contributed by atoms with Gasteiger partial charge in [-0.05, 0) is 83.9 Å². The van der Waals surface area contributed by atoms with Crippen LogP contribution in [0, 0.1) is 0 Å². The van der Waals surface area contributed by atoms with Gasteiger partial charge in [-0.2, -0.15) is 0 Å². The van der Waals surface area contributed by atoms with Crippen molar-refractivity contribution >= 4 is 86.5 Å². The van der Waals surface area contributed by atoms with E-state index in [9.17, 15) is 0 Å². The van der Waals surface area contributed by atoms with E-state index in [-0.39, 0.29) is 6.04 Å². The van der Waals surface area contributed by atoms with Crippen molar-refractivity contribution in [1.82, 2.24) is 9.13 Å². The zero-order chi connectivity index (χ0) is 32.2. The summed E-state index contributed by atoms with van der Waals surface area (Å²) in [7, 11) is 0. The maximum atomic E-state index is 6.48. The lowest BCUT2D eigenvalue weighted by molar-refractivity contribution is 0.686. The first kappa shape index (κ1) is 27.0. The summed E-state index contributed by atoms with van der Waals surface area (Å²) in [6.07, 6.45) is 0. The number of rotatable bonds is 4. The van der Waals surface area contributed by atoms with Crippen LogP contribution < -0.4 is 11.1 Å². The van der Waals surface area contributed by atoms with Gasteiger partial charge in [0.2, 0.25) is 0 Å². The van der Waals surface area contributed by atoms with Crippen molar-refractivity contribution in [3.8, 4) is 16.8 Å². The van der Waals surface area contributed by atoms with Gasteiger partial charge < -0.3 is 20.2 Å². The standard InChI is InChI=1S/C44H30N4S/c45-36-14-6-7-15-37(36)46-38-25-47-40-24-41-31(29-12-4-8-16-39(29)48(41)28-10-2-1-3-11-28)23-32(40)34-21-27(22-35(38)44(34)47)26-18-19-43-33(20-26)30-13-5-9-17-42(30)49-43/h1-24,38,46H,25,45H2/t38-/m0/s1. The van der Waals surface area contributed by atoms with Crippen molar-refractivity contribution in [2.75, 3.05) is 11.1 Å². The molecule has 4 heterocycles. The molecular weight excluding hydrogens is 617 g/mol. The van der Waals surface area contributed by atoms with Crippen LogP contribution in [0.3, 0.4) is 0 Å². The van der Waals surface area contributed by atoms with Gasteiger partial charge in [-0.3, -0.25) is 0 Å². The van der Waals surface area contributed by atoms with Crippen LogP contribution in [0.25, 0.3) is 80.6 Å². The number of nitrogens with one attached hydrogen (secondary N) is 1. The second-order valence-electron chi connectivity index (χ2n) is 13.2. The monoisotopic (exact) mass is 646 g/mol. The molecule has 0 saturated heterocycles. The summed E-state index contributed by atoms with van der Waals surface area (Å²) in [5.74, 6) is 0. The van der Waals surface area contributed by atoms with E-state index in [0.717, 1.165) is 17.9 Å². The summed E-state index contributed by atoms with van der Waals surface area (Å²) in [5.41, 5.74) is 18.2. The van der Waals surface area contributed by atoms with Gasteiger partial charge in [0.1, 0.15) is 0 Å². The highest BCUT2D eigenvalue weighted by atomic mass is 32.1. The molecule has 0 unspecified atom stereocenters. The van der Waals surface area contributed by atoms with Crippen LogP contribution in [-0.2, 0) is 6.54 Å². The molecule has 4 nitrogen and oxygen atoms in total. The van der Waals surface area contributed by atoms with E-state index >= 15 is 0 Å². The molecule has 0 aliphatic carbocycles. The van der Waals surface area contributed by atoms with Crippen LogP contribution >= 0.6 is 11.3 Å². The fraction of sp³-hybridized carbons (Fsp3) is 0.0455. The zero-order valence-corrected chi connectivity index (χ0v) is 27.3. The maximum absolute atomic E-state index is 6.48. The molecule has 7 aromatic carbocycles. The Bertz CT molecular complexity index is 2960. The minimum atomic E-state index is 0.0768. The Balaban J connectivity index is 1.20. The minimum absolute atomic E-state index is 0.0768. The quantitative estimate of drug-likeness (QED) is 0.187. The van der Waals surface area contributed by atoms with E-state index in [0.29, 0.717) is 0 Å². The molecule has 1 atom stereocenters. The molecule has 11 rings (SSSR count). The molecule has 0 amide bonds. The number of benzene rings is 7. The van der Waals surface area contributed by atoms with Crippen molar-refractivity contribution in [3.63, 3.8) is 0 Å². The van der Waals surface area contributed by atoms with Gasteiger partial charge in [0.25, 0.3) is 0 Å². The summed E-state index contributed by atoms with van der Waals surface area (Å²) >= 11 is 1.87. The van der Waals surface area contributed by atoms with Crippen LogP contribution in [0.4, 0.5) is 11.4 Å². The molecule has 10 aromatic rings. The minimum Gasteiger partial charge on any atom is -0.397 e. The molecule has 3 N–H and O–H groups in total. The third kappa shape index (κ3) is 3.85. The first-order valence-electron chi connectivity index (χ1n) is 16.8. The molecule has 0 bridgehead atoms. The van der Waals surface area contributed by atoms with Crippen LogP contribution in [0.1, 0.15) is 11.6 Å². The largest absolute Gasteiger partial charge is 0.397 e. The van der Waals surface area contributed by atoms with Crippen molar-refractivity contribution in [2.45, 2.75) is 12.6 Å². The van der Waals surface area contributed by atoms with E-state index < -0.39 is 0 Å². The number of thiophene rings is 1. The summed E-state index contributed by atoms with van der Waals surface area (Å²) in [5, 5.41) is 11.6. The number of fused-ring (bicyclic) bond motifs is 9. The average Bonchev–Trinajstić information content (AvgIpc) is 3.88. The predicted octanol–water partition coefficient (Wildman–Crippen LogP) is 11.7. The Morgan fingerprint density at radius 2 is 1.29 bits per heavy atom. The fourth-order valence-corrected chi connectivity index (χ4v) is 9.42. The first-order valence-corrected chi connectivity index (χ1v) is 17.6. The van der Waals surface area contributed by atoms with Crippen LogP contribution in [0.5, 0.6) is 0 Å². The molecule has 0 fully saturated rings. The number of hydrogen-bond acceptors (Lipinski definition) is 3. The molecule has 1 aliphatic heterocycles. The number of anilines is 2.